The summed E-state index contributed by atoms with van der Waals surface area (Å²) in [5.74, 6) is 0.800. The van der Waals surface area contributed by atoms with E-state index < -0.39 is 0 Å². The average molecular weight is 167 g/mol. The predicted octanol–water partition coefficient (Wildman–Crippen LogP) is 0.441. The van der Waals surface area contributed by atoms with Crippen molar-refractivity contribution in [1.29, 1.82) is 5.26 Å². The third-order valence-electron chi connectivity index (χ3n) is 2.34. The van der Waals surface area contributed by atoms with Crippen LogP contribution in [0.15, 0.2) is 0 Å². The summed E-state index contributed by atoms with van der Waals surface area (Å²) in [5.41, 5.74) is 0. The standard InChI is InChI=1S/C9H17N3/c1-12-6-3-9(8-12)7-11-5-2-4-10/h9,11H,2-3,5-8H2,1H3. The zero-order valence-electron chi connectivity index (χ0n) is 7.71. The summed E-state index contributed by atoms with van der Waals surface area (Å²) in [6.45, 7) is 4.35. The maximum atomic E-state index is 8.30. The number of nitrogens with one attached hydrogen (secondary N) is 1. The third kappa shape index (κ3) is 3.21. The first-order chi connectivity index (χ1) is 5.83. The Morgan fingerprint density at radius 1 is 1.67 bits per heavy atom. The molecule has 68 valence electrons. The average Bonchev–Trinajstić information content (AvgIpc) is 2.45. The Morgan fingerprint density at radius 2 is 2.50 bits per heavy atom. The summed E-state index contributed by atoms with van der Waals surface area (Å²) in [7, 11) is 2.16. The highest BCUT2D eigenvalue weighted by molar-refractivity contribution is 4.76. The minimum absolute atomic E-state index is 0.628. The van der Waals surface area contributed by atoms with Crippen LogP contribution in [0.4, 0.5) is 0 Å². The zero-order chi connectivity index (χ0) is 8.81. The molecule has 0 aromatic heterocycles. The molecular formula is C9H17N3. The molecule has 1 saturated heterocycles. The summed E-state index contributed by atoms with van der Waals surface area (Å²) in [4.78, 5) is 2.36. The molecule has 3 nitrogen and oxygen atoms in total. The van der Waals surface area contributed by atoms with Gasteiger partial charge in [-0.25, -0.2) is 0 Å². The third-order valence-corrected chi connectivity index (χ3v) is 2.34. The van der Waals surface area contributed by atoms with Crippen molar-refractivity contribution in [2.75, 3.05) is 33.2 Å². The molecule has 0 amide bonds. The van der Waals surface area contributed by atoms with Gasteiger partial charge in [0.25, 0.3) is 0 Å². The van der Waals surface area contributed by atoms with Crippen molar-refractivity contribution in [2.45, 2.75) is 12.8 Å². The van der Waals surface area contributed by atoms with Crippen molar-refractivity contribution in [2.24, 2.45) is 5.92 Å². The first-order valence-electron chi connectivity index (χ1n) is 4.59. The lowest BCUT2D eigenvalue weighted by Crippen LogP contribution is -2.25. The highest BCUT2D eigenvalue weighted by Gasteiger charge is 2.18. The van der Waals surface area contributed by atoms with Crippen LogP contribution in [-0.4, -0.2) is 38.1 Å². The van der Waals surface area contributed by atoms with Gasteiger partial charge in [-0.1, -0.05) is 0 Å². The van der Waals surface area contributed by atoms with E-state index >= 15 is 0 Å². The number of nitriles is 1. The van der Waals surface area contributed by atoms with E-state index in [0.717, 1.165) is 19.0 Å². The molecule has 0 aromatic rings. The van der Waals surface area contributed by atoms with E-state index in [4.69, 9.17) is 5.26 Å². The minimum atomic E-state index is 0.628. The number of rotatable bonds is 4. The van der Waals surface area contributed by atoms with Gasteiger partial charge in [-0.05, 0) is 32.5 Å². The minimum Gasteiger partial charge on any atom is -0.315 e. The second-order valence-corrected chi connectivity index (χ2v) is 3.53. The van der Waals surface area contributed by atoms with Crippen LogP contribution in [0.3, 0.4) is 0 Å². The lowest BCUT2D eigenvalue weighted by Gasteiger charge is -2.10. The van der Waals surface area contributed by atoms with Crippen LogP contribution in [0.1, 0.15) is 12.8 Å². The largest absolute Gasteiger partial charge is 0.315 e. The van der Waals surface area contributed by atoms with E-state index in [9.17, 15) is 0 Å². The van der Waals surface area contributed by atoms with E-state index in [1.165, 1.54) is 19.5 Å². The van der Waals surface area contributed by atoms with E-state index in [-0.39, 0.29) is 0 Å². The molecule has 0 spiro atoms. The maximum absolute atomic E-state index is 8.30. The molecular weight excluding hydrogens is 150 g/mol. The van der Waals surface area contributed by atoms with Gasteiger partial charge in [0.05, 0.1) is 6.07 Å². The molecule has 1 fully saturated rings. The van der Waals surface area contributed by atoms with Crippen LogP contribution in [-0.2, 0) is 0 Å². The number of nitrogens with zero attached hydrogens (tertiary/aromatic N) is 2. The van der Waals surface area contributed by atoms with Crippen LogP contribution in [0.2, 0.25) is 0 Å². The van der Waals surface area contributed by atoms with Crippen LogP contribution >= 0.6 is 0 Å². The molecule has 1 N–H and O–H groups in total. The van der Waals surface area contributed by atoms with Gasteiger partial charge >= 0.3 is 0 Å². The molecule has 1 unspecified atom stereocenters. The quantitative estimate of drug-likeness (QED) is 0.618. The molecule has 0 bridgehead atoms. The molecule has 1 heterocycles. The fraction of sp³-hybridized carbons (Fsp3) is 0.889. The topological polar surface area (TPSA) is 39.1 Å². The van der Waals surface area contributed by atoms with E-state index in [1.54, 1.807) is 0 Å². The van der Waals surface area contributed by atoms with Gasteiger partial charge in [0.1, 0.15) is 0 Å². The van der Waals surface area contributed by atoms with Gasteiger partial charge < -0.3 is 10.2 Å². The normalized spacial score (nSPS) is 24.2. The highest BCUT2D eigenvalue weighted by Crippen LogP contribution is 2.12. The molecule has 1 atom stereocenters. The first-order valence-corrected chi connectivity index (χ1v) is 4.59. The van der Waals surface area contributed by atoms with Crippen LogP contribution in [0.25, 0.3) is 0 Å². The fourth-order valence-corrected chi connectivity index (χ4v) is 1.64. The van der Waals surface area contributed by atoms with Crippen molar-refractivity contribution in [3.05, 3.63) is 0 Å². The SMILES string of the molecule is CN1CCC(CNCCC#N)C1. The Labute approximate surface area is 74.4 Å². The molecule has 1 aliphatic heterocycles. The van der Waals surface area contributed by atoms with Gasteiger partial charge in [0.15, 0.2) is 0 Å². The number of hydrogen-bond acceptors (Lipinski definition) is 3. The van der Waals surface area contributed by atoms with Crippen molar-refractivity contribution < 1.29 is 0 Å². The lowest BCUT2D eigenvalue weighted by molar-refractivity contribution is 0.389. The van der Waals surface area contributed by atoms with Crippen molar-refractivity contribution in [1.82, 2.24) is 10.2 Å². The summed E-state index contributed by atoms with van der Waals surface area (Å²) in [5, 5.41) is 11.6. The van der Waals surface area contributed by atoms with Gasteiger partial charge in [0, 0.05) is 19.5 Å². The Hall–Kier alpha value is -0.590. The molecule has 3 heteroatoms. The first kappa shape index (κ1) is 9.50. The van der Waals surface area contributed by atoms with Crippen molar-refractivity contribution in [3.63, 3.8) is 0 Å². The van der Waals surface area contributed by atoms with E-state index in [0.29, 0.717) is 6.42 Å². The Balaban J connectivity index is 1.97. The molecule has 1 aliphatic rings. The Bertz CT molecular complexity index is 162. The van der Waals surface area contributed by atoms with E-state index in [1.807, 2.05) is 0 Å². The summed E-state index contributed by atoms with van der Waals surface area (Å²) in [6.07, 6.45) is 1.93. The smallest absolute Gasteiger partial charge is 0.0635 e. The monoisotopic (exact) mass is 167 g/mol. The second kappa shape index (κ2) is 5.13. The van der Waals surface area contributed by atoms with E-state index in [2.05, 4.69) is 23.3 Å². The van der Waals surface area contributed by atoms with Crippen molar-refractivity contribution >= 4 is 0 Å². The van der Waals surface area contributed by atoms with Crippen LogP contribution in [0, 0.1) is 17.2 Å². The molecule has 0 aliphatic carbocycles. The molecule has 1 rings (SSSR count). The molecule has 0 radical (unpaired) electrons. The molecule has 0 saturated carbocycles. The summed E-state index contributed by atoms with van der Waals surface area (Å²) >= 11 is 0. The molecule has 0 aromatic carbocycles. The number of likely N-dealkylation sites (tertiary alicyclic amines) is 1. The summed E-state index contributed by atoms with van der Waals surface area (Å²) in [6, 6.07) is 2.13. The number of hydrogen-bond donors (Lipinski definition) is 1. The fourth-order valence-electron chi connectivity index (χ4n) is 1.64. The molecule has 12 heavy (non-hydrogen) atoms. The second-order valence-electron chi connectivity index (χ2n) is 3.53. The van der Waals surface area contributed by atoms with Gasteiger partial charge in [-0.3, -0.25) is 0 Å². The predicted molar refractivity (Wildman–Crippen MR) is 48.7 cm³/mol. The Kier molecular flexibility index (Phi) is 4.06. The van der Waals surface area contributed by atoms with Crippen LogP contribution < -0.4 is 5.32 Å². The summed E-state index contributed by atoms with van der Waals surface area (Å²) < 4.78 is 0. The van der Waals surface area contributed by atoms with Gasteiger partial charge in [-0.2, -0.15) is 5.26 Å². The Morgan fingerprint density at radius 3 is 3.08 bits per heavy atom. The zero-order valence-corrected chi connectivity index (χ0v) is 7.71. The lowest BCUT2D eigenvalue weighted by atomic mass is 10.1. The van der Waals surface area contributed by atoms with Crippen LogP contribution in [0.5, 0.6) is 0 Å². The van der Waals surface area contributed by atoms with Crippen molar-refractivity contribution in [3.8, 4) is 6.07 Å². The highest BCUT2D eigenvalue weighted by atomic mass is 15.1. The maximum Gasteiger partial charge on any atom is 0.0635 e. The van der Waals surface area contributed by atoms with Gasteiger partial charge in [-0.15, -0.1) is 0 Å². The van der Waals surface area contributed by atoms with Gasteiger partial charge in [0.2, 0.25) is 0 Å².